The summed E-state index contributed by atoms with van der Waals surface area (Å²) < 4.78 is 0. The molecule has 2 aromatic heterocycles. The van der Waals surface area contributed by atoms with Crippen LogP contribution in [-0.2, 0) is 43.2 Å². The average Bonchev–Trinajstić information content (AvgIpc) is 3.80. The maximum atomic E-state index is 13.8. The monoisotopic (exact) mass is 718 g/mol. The number of fused-ring (bicyclic) bond motifs is 1. The SMILES string of the molecule is NCCCC[C@H](N)C(=O)N[C@@H](Cc1cnc[nH]1)C(=O)N[C@H](Cc1ccccc1)C(=O)N[C@@H](CS)C(=O)N[C@@H](Cc1c[nH]c2ccccc12)C(N)=O. The third-order valence-corrected chi connectivity index (χ3v) is 8.77. The van der Waals surface area contributed by atoms with Gasteiger partial charge in [-0.1, -0.05) is 55.0 Å². The van der Waals surface area contributed by atoms with Crippen LogP contribution in [0.3, 0.4) is 0 Å². The van der Waals surface area contributed by atoms with Crippen molar-refractivity contribution in [1.29, 1.82) is 0 Å². The summed E-state index contributed by atoms with van der Waals surface area (Å²) in [4.78, 5) is 76.5. The number of para-hydroxylation sites is 1. The van der Waals surface area contributed by atoms with Crippen LogP contribution >= 0.6 is 12.6 Å². The number of nitrogens with one attached hydrogen (secondary N) is 6. The topological polar surface area (TPSA) is 256 Å². The molecule has 12 N–H and O–H groups in total. The number of nitrogens with two attached hydrogens (primary N) is 3. The van der Waals surface area contributed by atoms with Gasteiger partial charge < -0.3 is 48.4 Å². The minimum absolute atomic E-state index is 0.0410. The molecule has 16 heteroatoms. The van der Waals surface area contributed by atoms with Crippen molar-refractivity contribution in [1.82, 2.24) is 36.2 Å². The van der Waals surface area contributed by atoms with E-state index < -0.39 is 59.7 Å². The molecule has 0 unspecified atom stereocenters. The number of carbonyl (C=O) groups is 5. The van der Waals surface area contributed by atoms with Crippen molar-refractivity contribution in [2.45, 2.75) is 68.7 Å². The van der Waals surface area contributed by atoms with Crippen molar-refractivity contribution in [3.63, 3.8) is 0 Å². The summed E-state index contributed by atoms with van der Waals surface area (Å²) in [5, 5.41) is 11.7. The molecular formula is C35H46N10O5S. The van der Waals surface area contributed by atoms with Crippen molar-refractivity contribution < 1.29 is 24.0 Å². The van der Waals surface area contributed by atoms with Crippen LogP contribution in [0.1, 0.15) is 36.1 Å². The number of aromatic nitrogens is 3. The van der Waals surface area contributed by atoms with Gasteiger partial charge in [-0.3, -0.25) is 24.0 Å². The zero-order valence-corrected chi connectivity index (χ0v) is 29.0. The predicted molar refractivity (Wildman–Crippen MR) is 196 cm³/mol. The van der Waals surface area contributed by atoms with Crippen molar-refractivity contribution in [2.24, 2.45) is 17.2 Å². The van der Waals surface area contributed by atoms with Crippen LogP contribution in [-0.4, -0.2) is 87.0 Å². The molecule has 0 fully saturated rings. The molecule has 4 rings (SSSR count). The molecule has 0 aliphatic rings. The lowest BCUT2D eigenvalue weighted by Crippen LogP contribution is -2.60. The van der Waals surface area contributed by atoms with Crippen LogP contribution in [0.2, 0.25) is 0 Å². The highest BCUT2D eigenvalue weighted by molar-refractivity contribution is 7.80. The van der Waals surface area contributed by atoms with E-state index in [1.54, 1.807) is 30.5 Å². The van der Waals surface area contributed by atoms with Gasteiger partial charge in [-0.25, -0.2) is 4.98 Å². The third-order valence-electron chi connectivity index (χ3n) is 8.41. The Labute approximate surface area is 301 Å². The fourth-order valence-electron chi connectivity index (χ4n) is 5.56. The molecule has 4 aromatic rings. The van der Waals surface area contributed by atoms with Crippen LogP contribution < -0.4 is 38.5 Å². The summed E-state index contributed by atoms with van der Waals surface area (Å²) in [6.45, 7) is 0.469. The molecule has 15 nitrogen and oxygen atoms in total. The maximum Gasteiger partial charge on any atom is 0.244 e. The molecule has 0 spiro atoms. The van der Waals surface area contributed by atoms with Gasteiger partial charge in [-0.2, -0.15) is 12.6 Å². The minimum Gasteiger partial charge on any atom is -0.368 e. The number of hydrogen-bond acceptors (Lipinski definition) is 9. The Morgan fingerprint density at radius 3 is 2.04 bits per heavy atom. The average molecular weight is 719 g/mol. The second-order valence-corrected chi connectivity index (χ2v) is 12.6. The number of hydrogen-bond donors (Lipinski definition) is 10. The number of imidazole rings is 1. The Bertz CT molecular complexity index is 1750. The second-order valence-electron chi connectivity index (χ2n) is 12.3. The Morgan fingerprint density at radius 2 is 1.37 bits per heavy atom. The first-order valence-corrected chi connectivity index (χ1v) is 17.4. The van der Waals surface area contributed by atoms with E-state index in [-0.39, 0.29) is 25.0 Å². The van der Waals surface area contributed by atoms with Gasteiger partial charge in [0.15, 0.2) is 0 Å². The summed E-state index contributed by atoms with van der Waals surface area (Å²) >= 11 is 4.29. The maximum absolute atomic E-state index is 13.8. The number of aromatic amines is 2. The Kier molecular flexibility index (Phi) is 14.6. The van der Waals surface area contributed by atoms with Gasteiger partial charge in [-0.15, -0.1) is 0 Å². The largest absolute Gasteiger partial charge is 0.368 e. The van der Waals surface area contributed by atoms with Crippen LogP contribution in [0.5, 0.6) is 0 Å². The lowest BCUT2D eigenvalue weighted by Gasteiger charge is -2.26. The zero-order valence-electron chi connectivity index (χ0n) is 28.1. The van der Waals surface area contributed by atoms with Gasteiger partial charge in [0.05, 0.1) is 12.4 Å². The summed E-state index contributed by atoms with van der Waals surface area (Å²) in [6, 6.07) is 11.1. The normalized spacial score (nSPS) is 14.1. The lowest BCUT2D eigenvalue weighted by molar-refractivity contribution is -0.134. The second kappa shape index (κ2) is 19.3. The molecule has 2 aromatic carbocycles. The van der Waals surface area contributed by atoms with E-state index in [9.17, 15) is 24.0 Å². The number of carbonyl (C=O) groups excluding carboxylic acids is 5. The molecule has 272 valence electrons. The summed E-state index contributed by atoms with van der Waals surface area (Å²) in [7, 11) is 0. The van der Waals surface area contributed by atoms with Crippen LogP contribution in [0.4, 0.5) is 0 Å². The highest BCUT2D eigenvalue weighted by Crippen LogP contribution is 2.19. The van der Waals surface area contributed by atoms with E-state index in [1.807, 2.05) is 30.3 Å². The van der Waals surface area contributed by atoms with Gasteiger partial charge in [-0.05, 0) is 36.6 Å². The van der Waals surface area contributed by atoms with Crippen LogP contribution in [0, 0.1) is 0 Å². The quantitative estimate of drug-likeness (QED) is 0.0429. The number of amides is 5. The molecule has 0 saturated carbocycles. The van der Waals surface area contributed by atoms with Crippen molar-refractivity contribution in [2.75, 3.05) is 12.3 Å². The van der Waals surface area contributed by atoms with E-state index >= 15 is 0 Å². The predicted octanol–water partition coefficient (Wildman–Crippen LogP) is -0.270. The number of thiol groups is 1. The Morgan fingerprint density at radius 1 is 0.745 bits per heavy atom. The van der Waals surface area contributed by atoms with Crippen molar-refractivity contribution in [3.05, 3.63) is 90.1 Å². The number of rotatable bonds is 20. The highest BCUT2D eigenvalue weighted by Gasteiger charge is 2.32. The molecule has 0 bridgehead atoms. The fraction of sp³-hybridized carbons (Fsp3) is 0.371. The molecule has 0 radical (unpaired) electrons. The molecule has 0 aliphatic carbocycles. The Balaban J connectivity index is 1.49. The van der Waals surface area contributed by atoms with E-state index in [2.05, 4.69) is 48.8 Å². The molecule has 5 atom stereocenters. The number of benzene rings is 2. The molecule has 5 amide bonds. The van der Waals surface area contributed by atoms with Gasteiger partial charge in [0, 0.05) is 54.0 Å². The van der Waals surface area contributed by atoms with E-state index in [1.165, 1.54) is 12.5 Å². The standard InChI is InChI=1S/C35H46N10O5S/c36-13-7-6-11-25(37)32(47)43-29(16-23-18-39-20-41-23)34(49)44-28(14-21-8-2-1-3-9-21)33(48)45-30(19-51)35(50)42-27(31(38)46)15-22-17-40-26-12-5-4-10-24(22)26/h1-5,8-10,12,17-18,20,25,27-30,40,51H,6-7,11,13-16,19,36-37H2,(H2,38,46)(H,39,41)(H,42,50)(H,43,47)(H,44,49)(H,45,48)/t25-,27-,28+,29-,30-/m0/s1. The van der Waals surface area contributed by atoms with Gasteiger partial charge in [0.2, 0.25) is 29.5 Å². The van der Waals surface area contributed by atoms with Gasteiger partial charge >= 0.3 is 0 Å². The first-order chi connectivity index (χ1) is 24.6. The van der Waals surface area contributed by atoms with Crippen molar-refractivity contribution >= 4 is 53.1 Å². The third kappa shape index (κ3) is 11.4. The number of unbranched alkanes of at least 4 members (excludes halogenated alkanes) is 1. The molecule has 51 heavy (non-hydrogen) atoms. The van der Waals surface area contributed by atoms with Gasteiger partial charge in [0.1, 0.15) is 24.2 Å². The first-order valence-electron chi connectivity index (χ1n) is 16.7. The molecule has 2 heterocycles. The number of nitrogens with zero attached hydrogens (tertiary/aromatic N) is 1. The molecule has 0 saturated heterocycles. The summed E-state index contributed by atoms with van der Waals surface area (Å²) in [5.74, 6) is -3.42. The Hall–Kier alpha value is -5.19. The van der Waals surface area contributed by atoms with E-state index in [0.29, 0.717) is 31.5 Å². The summed E-state index contributed by atoms with van der Waals surface area (Å²) in [5.41, 5.74) is 20.3. The smallest absolute Gasteiger partial charge is 0.244 e. The lowest BCUT2D eigenvalue weighted by atomic mass is 10.0. The number of H-pyrrole nitrogens is 2. The molecule has 0 aliphatic heterocycles. The zero-order chi connectivity index (χ0) is 36.8. The van der Waals surface area contributed by atoms with Crippen molar-refractivity contribution in [3.8, 4) is 0 Å². The minimum atomic E-state index is -1.19. The highest BCUT2D eigenvalue weighted by atomic mass is 32.1. The van der Waals surface area contributed by atoms with E-state index in [4.69, 9.17) is 17.2 Å². The summed E-state index contributed by atoms with van der Waals surface area (Å²) in [6.07, 6.45) is 6.67. The molecular weight excluding hydrogens is 673 g/mol. The van der Waals surface area contributed by atoms with Crippen LogP contribution in [0.15, 0.2) is 73.3 Å². The van der Waals surface area contributed by atoms with E-state index in [0.717, 1.165) is 22.0 Å². The number of primary amides is 1. The first kappa shape index (κ1) is 38.6. The fourth-order valence-corrected chi connectivity index (χ4v) is 5.81. The van der Waals surface area contributed by atoms with Gasteiger partial charge in [0.25, 0.3) is 0 Å². The van der Waals surface area contributed by atoms with Crippen LogP contribution in [0.25, 0.3) is 10.9 Å².